The van der Waals surface area contributed by atoms with Crippen LogP contribution in [0.25, 0.3) is 237 Å². The van der Waals surface area contributed by atoms with E-state index in [-0.39, 0.29) is 5.41 Å². The van der Waals surface area contributed by atoms with Gasteiger partial charge in [0.2, 0.25) is 0 Å². The summed E-state index contributed by atoms with van der Waals surface area (Å²) in [4.78, 5) is 32.3. The fourth-order valence-electron chi connectivity index (χ4n) is 24.1. The minimum absolute atomic E-state index is 0.0661. The Bertz CT molecular complexity index is 9500. The van der Waals surface area contributed by atoms with Crippen LogP contribution in [0.4, 0.5) is 0 Å². The van der Waals surface area contributed by atoms with E-state index in [2.05, 4.69) is 473 Å². The van der Waals surface area contributed by atoms with E-state index < -0.39 is 24.2 Å². The van der Waals surface area contributed by atoms with Crippen molar-refractivity contribution in [2.75, 3.05) is 0 Å². The van der Waals surface area contributed by atoms with Crippen molar-refractivity contribution < 1.29 is 4.42 Å². The summed E-state index contributed by atoms with van der Waals surface area (Å²) >= 11 is 1.87. The number of thiophene rings is 1. The van der Waals surface area contributed by atoms with Gasteiger partial charge in [0.15, 0.2) is 17.5 Å². The first-order valence-electron chi connectivity index (χ1n) is 49.4. The number of fused-ring (bicyclic) bond motifs is 27. The molecule has 0 atom stereocenters. The SMILES string of the molecule is CC1(C)c2ccccc2-c2cc3c4ccccc4n(-c4ccc(-c5nc(-c6ccccc6)c6c(n5)[Si](C)(C)c5ccccc5-6)cc4)c3cc21.C[Si]1(C)c2ccccc2-c2c(-c3ccccc3)nc(-c3cccc(-n4c5ccccc5c5cc6c(cc54)oc4ccccc46)c3)nc21.C[Si]1(C)c2ccccc2-c2c(-c3ccccc3)nc(-c3cccc(-n4c5ccccc5c5cc6c(cc54)sc4ccccc46)c3)nc21. The third-order valence-electron chi connectivity index (χ3n) is 31.1. The lowest BCUT2D eigenvalue weighted by molar-refractivity contribution is 0.661. The molecule has 11 heterocycles. The van der Waals surface area contributed by atoms with Gasteiger partial charge in [-0.3, -0.25) is 0 Å². The molecule has 8 aromatic heterocycles. The van der Waals surface area contributed by atoms with Gasteiger partial charge < -0.3 is 18.1 Å². The molecule has 0 unspecified atom stereocenters. The van der Waals surface area contributed by atoms with Crippen LogP contribution in [-0.2, 0) is 5.41 Å². The Kier molecular flexibility index (Phi) is 18.8. The van der Waals surface area contributed by atoms with Crippen molar-refractivity contribution in [2.45, 2.75) is 58.5 Å². The van der Waals surface area contributed by atoms with Gasteiger partial charge in [-0.05, 0) is 164 Å². The van der Waals surface area contributed by atoms with Crippen molar-refractivity contribution in [3.8, 4) is 130 Å². The molecule has 0 amide bonds. The number of benzene rings is 18. The molecule has 18 aromatic carbocycles. The monoisotopic (exact) mass is 1900 g/mol. The van der Waals surface area contributed by atoms with E-state index >= 15 is 0 Å². The normalized spacial score (nSPS) is 14.0. The Morgan fingerprint density at radius 1 is 0.231 bits per heavy atom. The lowest BCUT2D eigenvalue weighted by Crippen LogP contribution is -2.50. The second kappa shape index (κ2) is 31.9. The summed E-state index contributed by atoms with van der Waals surface area (Å²) in [6.45, 7) is 19.2. The molecule has 30 rings (SSSR count). The molecular formula is C129H93N9OSSi3. The lowest BCUT2D eigenvalue weighted by atomic mass is 9.82. The average molecular weight is 1900 g/mol. The van der Waals surface area contributed by atoms with Crippen molar-refractivity contribution in [3.63, 3.8) is 0 Å². The minimum atomic E-state index is -2.06. The van der Waals surface area contributed by atoms with Crippen LogP contribution in [-0.4, -0.2) is 67.8 Å². The van der Waals surface area contributed by atoms with Gasteiger partial charge >= 0.3 is 0 Å². The van der Waals surface area contributed by atoms with Crippen molar-refractivity contribution >= 4 is 175 Å². The molecule has 0 N–H and O–H groups in total. The van der Waals surface area contributed by atoms with Gasteiger partial charge in [0, 0.05) is 158 Å². The van der Waals surface area contributed by atoms with E-state index in [1.807, 2.05) is 23.5 Å². The number of aromatic nitrogens is 9. The molecule has 3 aliphatic heterocycles. The maximum Gasteiger partial charge on any atom is 0.159 e. The predicted octanol–water partition coefficient (Wildman–Crippen LogP) is 29.7. The molecule has 14 heteroatoms. The first-order chi connectivity index (χ1) is 69.9. The van der Waals surface area contributed by atoms with Gasteiger partial charge in [0.25, 0.3) is 0 Å². The van der Waals surface area contributed by atoms with Crippen LogP contribution in [0.2, 0.25) is 39.3 Å². The zero-order valence-electron chi connectivity index (χ0n) is 80.2. The summed E-state index contributed by atoms with van der Waals surface area (Å²) in [5.74, 6) is 2.33. The smallest absolute Gasteiger partial charge is 0.159 e. The zero-order chi connectivity index (χ0) is 95.6. The Balaban J connectivity index is 0.000000105. The van der Waals surface area contributed by atoms with Crippen LogP contribution in [0.5, 0.6) is 0 Å². The Morgan fingerprint density at radius 2 is 0.608 bits per heavy atom. The number of nitrogens with zero attached hydrogens (tertiary/aromatic N) is 9. The van der Waals surface area contributed by atoms with Crippen LogP contribution in [0, 0.1) is 0 Å². The van der Waals surface area contributed by atoms with Crippen molar-refractivity contribution in [1.29, 1.82) is 0 Å². The van der Waals surface area contributed by atoms with E-state index in [1.165, 1.54) is 162 Å². The van der Waals surface area contributed by atoms with Gasteiger partial charge in [0.1, 0.15) is 35.4 Å². The first kappa shape index (κ1) is 84.3. The van der Waals surface area contributed by atoms with Crippen LogP contribution in [0.3, 0.4) is 0 Å². The largest absolute Gasteiger partial charge is 0.456 e. The molecule has 26 aromatic rings. The summed E-state index contributed by atoms with van der Waals surface area (Å²) in [5, 5.41) is 20.4. The number of para-hydroxylation sites is 4. The third-order valence-corrected chi connectivity index (χ3v) is 42.2. The maximum absolute atomic E-state index is 6.35. The fraction of sp³-hybridized carbons (Fsp3) is 0.0698. The summed E-state index contributed by atoms with van der Waals surface area (Å²) in [6, 6.07) is 151. The highest BCUT2D eigenvalue weighted by molar-refractivity contribution is 7.26. The summed E-state index contributed by atoms with van der Waals surface area (Å²) in [7, 11) is -6.13. The number of hydrogen-bond donors (Lipinski definition) is 0. The minimum Gasteiger partial charge on any atom is -0.456 e. The number of furan rings is 1. The molecule has 0 radical (unpaired) electrons. The molecule has 1 aliphatic carbocycles. The maximum atomic E-state index is 6.35. The third kappa shape index (κ3) is 12.9. The van der Waals surface area contributed by atoms with Crippen molar-refractivity contribution in [2.24, 2.45) is 0 Å². The first-order valence-corrected chi connectivity index (χ1v) is 59.2. The van der Waals surface area contributed by atoms with E-state index in [1.54, 1.807) is 0 Å². The van der Waals surface area contributed by atoms with Crippen LogP contribution < -0.4 is 31.5 Å². The Labute approximate surface area is 834 Å². The molecule has 10 nitrogen and oxygen atoms in total. The van der Waals surface area contributed by atoms with Gasteiger partial charge in [-0.1, -0.05) is 356 Å². The van der Waals surface area contributed by atoms with E-state index in [0.29, 0.717) is 0 Å². The van der Waals surface area contributed by atoms with Crippen molar-refractivity contribution in [3.05, 3.63) is 430 Å². The molecule has 0 spiro atoms. The number of hydrogen-bond acceptors (Lipinski definition) is 8. The molecule has 0 saturated carbocycles. The second-order valence-corrected chi connectivity index (χ2v) is 54.6. The van der Waals surface area contributed by atoms with E-state index in [9.17, 15) is 0 Å². The second-order valence-electron chi connectivity index (χ2n) is 40.7. The topological polar surface area (TPSA) is 105 Å². The molecular weight excluding hydrogens is 1810 g/mol. The predicted molar refractivity (Wildman–Crippen MR) is 606 cm³/mol. The summed E-state index contributed by atoms with van der Waals surface area (Å²) in [6.07, 6.45) is 0. The van der Waals surface area contributed by atoms with Gasteiger partial charge in [-0.15, -0.1) is 11.3 Å². The average Bonchev–Trinajstić information content (AvgIpc) is 1.54. The standard InChI is InChI=1S/C45H35N3Si.C42H29N3OSi.C42H29N3SSi/c1-45(2)36-19-11-8-16-31(36)34-26-35-32-17-9-12-20-38(32)48(39(35)27-37(34)45)30-24-22-29(23-25-30)43-46-42(28-14-6-5-7-15-28)41-33-18-10-13-21-40(33)49(3,4)44(41)47-43;2*1-47(2)38-22-11-8-19-31(38)39-40(26-13-4-3-5-14-26)43-41(44-42(39)47)27-15-12-16-28(23-27)45-34-20-9-6-17-29(34)32-24-33-30-18-7-10-21-36(30)46-37(33)25-35(32)45/h5-27H,1-4H3;2*3-25H,1-2H3. The van der Waals surface area contributed by atoms with E-state index in [4.69, 9.17) is 34.3 Å². The molecule has 0 fully saturated rings. The van der Waals surface area contributed by atoms with Crippen molar-refractivity contribution in [1.82, 2.24) is 43.6 Å². The lowest BCUT2D eigenvalue weighted by Gasteiger charge is -2.21. The van der Waals surface area contributed by atoms with E-state index in [0.717, 1.165) is 118 Å². The highest BCUT2D eigenvalue weighted by Gasteiger charge is 2.46. The molecule has 143 heavy (non-hydrogen) atoms. The quantitative estimate of drug-likeness (QED) is 0.133. The Hall–Kier alpha value is -16.7. The summed E-state index contributed by atoms with van der Waals surface area (Å²) in [5.41, 5.74) is 34.6. The van der Waals surface area contributed by atoms with Crippen LogP contribution in [0.15, 0.2) is 423 Å². The van der Waals surface area contributed by atoms with Crippen LogP contribution >= 0.6 is 11.3 Å². The highest BCUT2D eigenvalue weighted by Crippen LogP contribution is 2.53. The molecule has 678 valence electrons. The van der Waals surface area contributed by atoms with Gasteiger partial charge in [-0.25, -0.2) is 29.9 Å². The highest BCUT2D eigenvalue weighted by atomic mass is 32.1. The van der Waals surface area contributed by atoms with Gasteiger partial charge in [0.05, 0.1) is 50.2 Å². The number of rotatable bonds is 9. The molecule has 0 saturated heterocycles. The summed E-state index contributed by atoms with van der Waals surface area (Å²) < 4.78 is 16.2. The van der Waals surface area contributed by atoms with Crippen LogP contribution in [0.1, 0.15) is 25.0 Å². The molecule has 4 aliphatic rings. The van der Waals surface area contributed by atoms with Gasteiger partial charge in [-0.2, -0.15) is 0 Å². The zero-order valence-corrected chi connectivity index (χ0v) is 84.0. The fourth-order valence-corrected chi connectivity index (χ4v) is 34.0. The Morgan fingerprint density at radius 3 is 1.10 bits per heavy atom. The molecule has 0 bridgehead atoms.